The highest BCUT2D eigenvalue weighted by Crippen LogP contribution is 2.14. The van der Waals surface area contributed by atoms with Crippen LogP contribution in [-0.4, -0.2) is 34.8 Å². The van der Waals surface area contributed by atoms with Crippen LogP contribution >= 0.6 is 0 Å². The second kappa shape index (κ2) is 6.37. The lowest BCUT2D eigenvalue weighted by atomic mass is 10.4. The molecule has 0 aromatic carbocycles. The molecule has 0 bridgehead atoms. The van der Waals surface area contributed by atoms with Gasteiger partial charge in [-0.15, -0.1) is 0 Å². The molecule has 0 fully saturated rings. The van der Waals surface area contributed by atoms with E-state index in [4.69, 9.17) is 0 Å². The fourth-order valence-corrected chi connectivity index (χ4v) is 3.05. The molecule has 0 saturated carbocycles. The number of hydrogen-bond donors (Lipinski definition) is 2. The number of nitrogens with one attached hydrogen (secondary N) is 2. The van der Waals surface area contributed by atoms with Gasteiger partial charge in [-0.1, -0.05) is 0 Å². The monoisotopic (exact) mass is 312 g/mol. The Hall–Kier alpha value is -1.71. The van der Waals surface area contributed by atoms with Crippen LogP contribution in [0.3, 0.4) is 0 Å². The number of hydrogen-bond acceptors (Lipinski definition) is 5. The second-order valence-corrected chi connectivity index (χ2v) is 6.41. The van der Waals surface area contributed by atoms with Crippen LogP contribution in [0.4, 0.5) is 0 Å². The van der Waals surface area contributed by atoms with Gasteiger partial charge in [-0.25, -0.2) is 18.1 Å². The molecule has 0 amide bonds. The van der Waals surface area contributed by atoms with Gasteiger partial charge in [0, 0.05) is 32.0 Å². The van der Waals surface area contributed by atoms with Crippen LogP contribution in [0, 0.1) is 0 Å². The number of nitrogens with zero attached hydrogens (tertiary/aromatic N) is 4. The molecule has 0 aliphatic carbocycles. The van der Waals surface area contributed by atoms with Crippen LogP contribution in [0.2, 0.25) is 0 Å². The molecule has 8 nitrogen and oxygen atoms in total. The minimum Gasteiger partial charge on any atom is -0.349 e. The number of rotatable bonds is 7. The van der Waals surface area contributed by atoms with Gasteiger partial charge in [-0.05, 0) is 20.0 Å². The van der Waals surface area contributed by atoms with Crippen LogP contribution in [0.5, 0.6) is 0 Å². The van der Waals surface area contributed by atoms with Crippen molar-refractivity contribution in [1.82, 2.24) is 29.4 Å². The van der Waals surface area contributed by atoms with Gasteiger partial charge in [0.15, 0.2) is 5.82 Å². The van der Waals surface area contributed by atoms with Crippen LogP contribution < -0.4 is 10.0 Å². The van der Waals surface area contributed by atoms with Crippen molar-refractivity contribution < 1.29 is 8.42 Å². The molecule has 0 saturated heterocycles. The van der Waals surface area contributed by atoms with E-state index in [-0.39, 0.29) is 11.4 Å². The fraction of sp³-hybridized carbons (Fsp3) is 0.500. The standard InChI is InChI=1S/C12H20N6O2S/c1-4-18-8-11(5-10(18)6-13-2)21(19,20)15-7-12-14-9-17(3)16-12/h5,8-9,13,15H,4,6-7H2,1-3H3. The van der Waals surface area contributed by atoms with Crippen molar-refractivity contribution in [1.29, 1.82) is 0 Å². The lowest BCUT2D eigenvalue weighted by Gasteiger charge is -2.03. The Bertz CT molecular complexity index is 703. The van der Waals surface area contributed by atoms with E-state index in [1.165, 1.54) is 11.0 Å². The van der Waals surface area contributed by atoms with Crippen molar-refractivity contribution in [2.45, 2.75) is 31.5 Å². The summed E-state index contributed by atoms with van der Waals surface area (Å²) in [5.74, 6) is 0.437. The minimum absolute atomic E-state index is 0.0713. The van der Waals surface area contributed by atoms with Crippen molar-refractivity contribution in [2.75, 3.05) is 7.05 Å². The first-order valence-corrected chi connectivity index (χ1v) is 8.12. The molecule has 0 spiro atoms. The van der Waals surface area contributed by atoms with Crippen molar-refractivity contribution in [3.8, 4) is 0 Å². The van der Waals surface area contributed by atoms with Crippen molar-refractivity contribution in [3.63, 3.8) is 0 Å². The van der Waals surface area contributed by atoms with Crippen LogP contribution in [0.1, 0.15) is 18.4 Å². The fourth-order valence-electron chi connectivity index (χ4n) is 2.00. The average molecular weight is 312 g/mol. The Balaban J connectivity index is 2.15. The summed E-state index contributed by atoms with van der Waals surface area (Å²) >= 11 is 0. The Labute approximate surface area is 124 Å². The van der Waals surface area contributed by atoms with Crippen LogP contribution in [-0.2, 0) is 36.7 Å². The molecule has 2 aromatic rings. The zero-order chi connectivity index (χ0) is 15.5. The van der Waals surface area contributed by atoms with Gasteiger partial charge in [0.1, 0.15) is 6.33 Å². The third-order valence-corrected chi connectivity index (χ3v) is 4.41. The minimum atomic E-state index is -3.57. The predicted octanol–water partition coefficient (Wildman–Crippen LogP) is -0.166. The molecule has 21 heavy (non-hydrogen) atoms. The van der Waals surface area contributed by atoms with Crippen molar-refractivity contribution in [3.05, 3.63) is 30.1 Å². The maximum atomic E-state index is 12.3. The maximum absolute atomic E-state index is 12.3. The Kier molecular flexibility index (Phi) is 4.76. The SMILES string of the molecule is CCn1cc(S(=O)(=O)NCc2ncn(C)n2)cc1CNC. The lowest BCUT2D eigenvalue weighted by molar-refractivity contribution is 0.578. The molecular weight excluding hydrogens is 292 g/mol. The summed E-state index contributed by atoms with van der Waals surface area (Å²) in [6.45, 7) is 3.38. The molecule has 0 aliphatic heterocycles. The molecule has 2 N–H and O–H groups in total. The number of sulfonamides is 1. The highest BCUT2D eigenvalue weighted by Gasteiger charge is 2.18. The summed E-state index contributed by atoms with van der Waals surface area (Å²) in [7, 11) is -0.00907. The normalized spacial score (nSPS) is 12.0. The number of aromatic nitrogens is 4. The molecule has 2 heterocycles. The summed E-state index contributed by atoms with van der Waals surface area (Å²) < 4.78 is 30.5. The van der Waals surface area contributed by atoms with E-state index in [1.807, 2.05) is 18.5 Å². The third kappa shape index (κ3) is 3.69. The summed E-state index contributed by atoms with van der Waals surface area (Å²) in [5.41, 5.74) is 0.927. The molecule has 116 valence electrons. The first kappa shape index (κ1) is 15.7. The van der Waals surface area contributed by atoms with Gasteiger partial charge in [-0.2, -0.15) is 5.10 Å². The first-order chi connectivity index (χ1) is 9.96. The third-order valence-electron chi connectivity index (χ3n) is 3.04. The predicted molar refractivity (Wildman–Crippen MR) is 77.9 cm³/mol. The van der Waals surface area contributed by atoms with Gasteiger partial charge < -0.3 is 9.88 Å². The summed E-state index contributed by atoms with van der Waals surface area (Å²) in [4.78, 5) is 4.25. The molecule has 0 aliphatic rings. The van der Waals surface area contributed by atoms with E-state index < -0.39 is 10.0 Å². The van der Waals surface area contributed by atoms with Gasteiger partial charge in [0.05, 0.1) is 11.4 Å². The zero-order valence-corrected chi connectivity index (χ0v) is 13.2. The van der Waals surface area contributed by atoms with E-state index in [0.29, 0.717) is 18.9 Å². The van der Waals surface area contributed by atoms with Gasteiger partial charge in [0.25, 0.3) is 0 Å². The molecule has 0 radical (unpaired) electrons. The Morgan fingerprint density at radius 2 is 2.10 bits per heavy atom. The summed E-state index contributed by atoms with van der Waals surface area (Å²) in [6.07, 6.45) is 3.17. The molecule has 0 unspecified atom stereocenters. The van der Waals surface area contributed by atoms with Crippen molar-refractivity contribution >= 4 is 10.0 Å². The molecule has 0 atom stereocenters. The van der Waals surface area contributed by atoms with Gasteiger partial charge in [-0.3, -0.25) is 4.68 Å². The summed E-state index contributed by atoms with van der Waals surface area (Å²) in [6, 6.07) is 1.67. The maximum Gasteiger partial charge on any atom is 0.242 e. The Morgan fingerprint density at radius 1 is 1.33 bits per heavy atom. The van der Waals surface area contributed by atoms with E-state index in [2.05, 4.69) is 20.1 Å². The quantitative estimate of drug-likeness (QED) is 0.740. The lowest BCUT2D eigenvalue weighted by Crippen LogP contribution is -2.23. The topological polar surface area (TPSA) is 93.8 Å². The summed E-state index contributed by atoms with van der Waals surface area (Å²) in [5, 5.41) is 7.06. The molecular formula is C12H20N6O2S. The average Bonchev–Trinajstić information content (AvgIpc) is 3.04. The smallest absolute Gasteiger partial charge is 0.242 e. The zero-order valence-electron chi connectivity index (χ0n) is 12.4. The van der Waals surface area contributed by atoms with E-state index >= 15 is 0 Å². The highest BCUT2D eigenvalue weighted by molar-refractivity contribution is 7.89. The highest BCUT2D eigenvalue weighted by atomic mass is 32.2. The van der Waals surface area contributed by atoms with Gasteiger partial charge in [0.2, 0.25) is 10.0 Å². The van der Waals surface area contributed by atoms with E-state index in [9.17, 15) is 8.42 Å². The molecule has 2 rings (SSSR count). The molecule has 9 heteroatoms. The molecule has 2 aromatic heterocycles. The van der Waals surface area contributed by atoms with E-state index in [1.54, 1.807) is 19.3 Å². The van der Waals surface area contributed by atoms with Crippen LogP contribution in [0.15, 0.2) is 23.5 Å². The second-order valence-electron chi connectivity index (χ2n) is 4.64. The first-order valence-electron chi connectivity index (χ1n) is 6.64. The largest absolute Gasteiger partial charge is 0.349 e. The van der Waals surface area contributed by atoms with E-state index in [0.717, 1.165) is 5.69 Å². The Morgan fingerprint density at radius 3 is 2.67 bits per heavy atom. The number of aryl methyl sites for hydroxylation is 2. The van der Waals surface area contributed by atoms with Crippen molar-refractivity contribution in [2.24, 2.45) is 7.05 Å². The van der Waals surface area contributed by atoms with Gasteiger partial charge >= 0.3 is 0 Å². The van der Waals surface area contributed by atoms with Crippen LogP contribution in [0.25, 0.3) is 0 Å².